The van der Waals surface area contributed by atoms with Gasteiger partial charge >= 0.3 is 12.0 Å². The average molecular weight is 403 g/mol. The van der Waals surface area contributed by atoms with Crippen molar-refractivity contribution >= 4 is 28.9 Å². The molecule has 1 atom stereocenters. The predicted octanol–water partition coefficient (Wildman–Crippen LogP) is 1.80. The van der Waals surface area contributed by atoms with E-state index < -0.39 is 18.0 Å². The predicted molar refractivity (Wildman–Crippen MR) is 109 cm³/mol. The number of fused-ring (bicyclic) bond motifs is 1. The van der Waals surface area contributed by atoms with Gasteiger partial charge in [-0.15, -0.1) is 0 Å². The highest BCUT2D eigenvalue weighted by molar-refractivity contribution is 5.97. The molecule has 2 aromatic rings. The van der Waals surface area contributed by atoms with Gasteiger partial charge in [0.25, 0.3) is 5.91 Å². The second-order valence-corrected chi connectivity index (χ2v) is 7.20. The molecule has 158 valence electrons. The molecule has 0 aliphatic carbocycles. The van der Waals surface area contributed by atoms with Crippen LogP contribution in [0.4, 0.5) is 4.79 Å². The van der Waals surface area contributed by atoms with Crippen molar-refractivity contribution in [2.24, 2.45) is 7.05 Å². The summed E-state index contributed by atoms with van der Waals surface area (Å²) < 4.78 is 6.77. The van der Waals surface area contributed by atoms with Gasteiger partial charge < -0.3 is 24.8 Å². The van der Waals surface area contributed by atoms with Crippen molar-refractivity contribution in [1.29, 1.82) is 0 Å². The number of aromatic nitrogens is 2. The molecule has 0 fully saturated rings. The number of aryl methyl sites for hydroxylation is 1. The summed E-state index contributed by atoms with van der Waals surface area (Å²) >= 11 is 0. The number of imidazole rings is 1. The third-order valence-electron chi connectivity index (χ3n) is 4.36. The summed E-state index contributed by atoms with van der Waals surface area (Å²) in [5.41, 5.74) is 2.06. The van der Waals surface area contributed by atoms with E-state index in [1.54, 1.807) is 33.0 Å². The van der Waals surface area contributed by atoms with Crippen molar-refractivity contribution in [3.8, 4) is 0 Å². The number of hydrogen-bond acceptors (Lipinski definition) is 5. The summed E-state index contributed by atoms with van der Waals surface area (Å²) in [7, 11) is 3.47. The average Bonchev–Trinajstić information content (AvgIpc) is 2.96. The number of carbonyl (C=O) groups is 3. The van der Waals surface area contributed by atoms with Crippen LogP contribution in [-0.4, -0.2) is 58.1 Å². The smallest absolute Gasteiger partial charge is 0.328 e. The van der Waals surface area contributed by atoms with E-state index in [0.29, 0.717) is 16.9 Å². The number of nitrogens with zero attached hydrogens (tertiary/aromatic N) is 3. The molecule has 1 aromatic heterocycles. The maximum atomic E-state index is 12.4. The third kappa shape index (κ3) is 5.46. The van der Waals surface area contributed by atoms with Gasteiger partial charge in [-0.2, -0.15) is 0 Å². The van der Waals surface area contributed by atoms with Gasteiger partial charge in [-0.05, 0) is 45.9 Å². The van der Waals surface area contributed by atoms with E-state index in [-0.39, 0.29) is 25.1 Å². The molecule has 0 aliphatic rings. The van der Waals surface area contributed by atoms with E-state index in [1.165, 1.54) is 4.90 Å². The first kappa shape index (κ1) is 22.2. The van der Waals surface area contributed by atoms with Gasteiger partial charge in [0.1, 0.15) is 11.9 Å². The van der Waals surface area contributed by atoms with Gasteiger partial charge in [-0.3, -0.25) is 4.79 Å². The highest BCUT2D eigenvalue weighted by Crippen LogP contribution is 2.18. The van der Waals surface area contributed by atoms with Crippen LogP contribution in [0.15, 0.2) is 18.2 Å². The van der Waals surface area contributed by atoms with Crippen molar-refractivity contribution in [3.05, 3.63) is 29.6 Å². The molecule has 3 amide bonds. The van der Waals surface area contributed by atoms with Crippen molar-refractivity contribution < 1.29 is 19.1 Å². The van der Waals surface area contributed by atoms with Gasteiger partial charge in [0.05, 0.1) is 24.2 Å². The van der Waals surface area contributed by atoms with Crippen molar-refractivity contribution in [3.63, 3.8) is 0 Å². The molecule has 1 aromatic carbocycles. The lowest BCUT2D eigenvalue weighted by Gasteiger charge is -2.20. The van der Waals surface area contributed by atoms with Gasteiger partial charge in [0.15, 0.2) is 0 Å². The summed E-state index contributed by atoms with van der Waals surface area (Å²) in [5, 5.41) is 5.46. The van der Waals surface area contributed by atoms with E-state index in [9.17, 15) is 14.4 Å². The van der Waals surface area contributed by atoms with Crippen LogP contribution in [0.1, 0.15) is 43.9 Å². The summed E-state index contributed by atoms with van der Waals surface area (Å²) in [4.78, 5) is 42.3. The van der Waals surface area contributed by atoms with Crippen LogP contribution >= 0.6 is 0 Å². The number of benzene rings is 1. The first-order valence-corrected chi connectivity index (χ1v) is 9.58. The maximum Gasteiger partial charge on any atom is 0.328 e. The molecule has 29 heavy (non-hydrogen) atoms. The number of esters is 1. The lowest BCUT2D eigenvalue weighted by Crippen LogP contribution is -2.45. The highest BCUT2D eigenvalue weighted by atomic mass is 16.5. The molecule has 0 aliphatic heterocycles. The van der Waals surface area contributed by atoms with Gasteiger partial charge in [-0.25, -0.2) is 14.6 Å². The molecule has 2 rings (SSSR count). The fourth-order valence-electron chi connectivity index (χ4n) is 2.78. The molecule has 0 radical (unpaired) electrons. The van der Waals surface area contributed by atoms with Gasteiger partial charge in [0, 0.05) is 25.7 Å². The Morgan fingerprint density at radius 3 is 2.52 bits per heavy atom. The van der Waals surface area contributed by atoms with E-state index in [4.69, 9.17) is 4.74 Å². The summed E-state index contributed by atoms with van der Waals surface area (Å²) in [6, 6.07) is 4.22. The minimum absolute atomic E-state index is 0.0432. The third-order valence-corrected chi connectivity index (χ3v) is 4.36. The summed E-state index contributed by atoms with van der Waals surface area (Å²) in [6.07, 6.45) is 0. The fraction of sp³-hybridized carbons (Fsp3) is 0.500. The van der Waals surface area contributed by atoms with E-state index >= 15 is 0 Å². The molecule has 0 saturated heterocycles. The Morgan fingerprint density at radius 1 is 1.21 bits per heavy atom. The molecular weight excluding hydrogens is 374 g/mol. The number of ether oxygens (including phenoxy) is 1. The van der Waals surface area contributed by atoms with Crippen LogP contribution in [0.5, 0.6) is 0 Å². The molecule has 9 nitrogen and oxygen atoms in total. The normalized spacial score (nSPS) is 12.0. The van der Waals surface area contributed by atoms with Crippen LogP contribution in [0.25, 0.3) is 11.0 Å². The number of nitrogens with one attached hydrogen (secondary N) is 2. The monoisotopic (exact) mass is 403 g/mol. The first-order valence-electron chi connectivity index (χ1n) is 9.58. The van der Waals surface area contributed by atoms with Crippen LogP contribution in [0.2, 0.25) is 0 Å². The number of hydrogen-bond donors (Lipinski definition) is 2. The largest absolute Gasteiger partial charge is 0.464 e. The molecule has 0 spiro atoms. The highest BCUT2D eigenvalue weighted by Gasteiger charge is 2.20. The van der Waals surface area contributed by atoms with Gasteiger partial charge in [0.2, 0.25) is 0 Å². The number of amides is 3. The molecule has 0 unspecified atom stereocenters. The number of urea groups is 1. The SMILES string of the molecule is CCOC(=O)[C@@H](C)NC(=O)N(C)Cc1nc2cc(C(=O)NC(C)C)ccc2n1C. The topological polar surface area (TPSA) is 106 Å². The van der Waals surface area contributed by atoms with Crippen LogP contribution < -0.4 is 10.6 Å². The fourth-order valence-corrected chi connectivity index (χ4v) is 2.78. The Bertz CT molecular complexity index is 906. The van der Waals surface area contributed by atoms with Crippen molar-refractivity contribution in [2.75, 3.05) is 13.7 Å². The van der Waals surface area contributed by atoms with Crippen LogP contribution in [-0.2, 0) is 23.1 Å². The second kappa shape index (κ2) is 9.40. The minimum Gasteiger partial charge on any atom is -0.464 e. The lowest BCUT2D eigenvalue weighted by molar-refractivity contribution is -0.144. The van der Waals surface area contributed by atoms with Crippen molar-refractivity contribution in [2.45, 2.75) is 46.3 Å². The Morgan fingerprint density at radius 2 is 1.90 bits per heavy atom. The van der Waals surface area contributed by atoms with Gasteiger partial charge in [-0.1, -0.05) is 0 Å². The zero-order valence-electron chi connectivity index (χ0n) is 17.8. The summed E-state index contributed by atoms with van der Waals surface area (Å²) in [5.74, 6) is 0.0191. The van der Waals surface area contributed by atoms with E-state index in [2.05, 4.69) is 15.6 Å². The van der Waals surface area contributed by atoms with Crippen molar-refractivity contribution in [1.82, 2.24) is 25.1 Å². The minimum atomic E-state index is -0.743. The van der Waals surface area contributed by atoms with E-state index in [1.807, 2.05) is 31.5 Å². The standard InChI is InChI=1S/C20H29N5O4/c1-7-29-19(27)13(4)22-20(28)24(5)11-17-23-15-10-14(18(26)21-12(2)3)8-9-16(15)25(17)6/h8-10,12-13H,7,11H2,1-6H3,(H,21,26)(H,22,28)/t13-/m1/s1. The molecule has 0 bridgehead atoms. The Balaban J connectivity index is 2.13. The lowest BCUT2D eigenvalue weighted by atomic mass is 10.2. The molecular formula is C20H29N5O4. The maximum absolute atomic E-state index is 12.4. The quantitative estimate of drug-likeness (QED) is 0.686. The zero-order valence-corrected chi connectivity index (χ0v) is 17.8. The number of carbonyl (C=O) groups excluding carboxylic acids is 3. The van der Waals surface area contributed by atoms with E-state index in [0.717, 1.165) is 5.52 Å². The zero-order chi connectivity index (χ0) is 21.7. The summed E-state index contributed by atoms with van der Waals surface area (Å²) in [6.45, 7) is 7.58. The Kier molecular flexibility index (Phi) is 7.19. The molecule has 0 saturated carbocycles. The van der Waals surface area contributed by atoms with Crippen LogP contribution in [0.3, 0.4) is 0 Å². The van der Waals surface area contributed by atoms with Crippen LogP contribution in [0, 0.1) is 0 Å². The number of rotatable bonds is 7. The molecule has 1 heterocycles. The molecule has 2 N–H and O–H groups in total. The first-order chi connectivity index (χ1) is 13.6. The Labute approximate surface area is 170 Å². The second-order valence-electron chi connectivity index (χ2n) is 7.20. The molecule has 9 heteroatoms. The Hall–Kier alpha value is -3.10.